The first-order valence-electron chi connectivity index (χ1n) is 6.61. The van der Waals surface area contributed by atoms with Crippen molar-refractivity contribution in [3.63, 3.8) is 0 Å². The van der Waals surface area contributed by atoms with Crippen LogP contribution in [-0.2, 0) is 16.1 Å². The molecule has 3 N–H and O–H groups in total. The van der Waals surface area contributed by atoms with E-state index in [4.69, 9.17) is 0 Å². The summed E-state index contributed by atoms with van der Waals surface area (Å²) in [6.07, 6.45) is -0.472. The number of benzene rings is 1. The molecule has 1 atom stereocenters. The first-order chi connectivity index (χ1) is 9.85. The normalized spacial score (nSPS) is 19.1. The molecule has 0 bridgehead atoms. The van der Waals surface area contributed by atoms with Crippen LogP contribution in [0.1, 0.15) is 18.9 Å². The molecule has 0 spiro atoms. The van der Waals surface area contributed by atoms with Gasteiger partial charge in [0.1, 0.15) is 0 Å². The average molecular weight is 334 g/mol. The van der Waals surface area contributed by atoms with Crippen LogP contribution in [0.25, 0.3) is 0 Å². The van der Waals surface area contributed by atoms with Gasteiger partial charge in [-0.15, -0.1) is 12.4 Å². The maximum Gasteiger partial charge on any atom is 0.262 e. The number of halogens is 3. The van der Waals surface area contributed by atoms with E-state index in [0.29, 0.717) is 5.69 Å². The summed E-state index contributed by atoms with van der Waals surface area (Å²) >= 11 is 0. The predicted molar refractivity (Wildman–Crippen MR) is 81.2 cm³/mol. The van der Waals surface area contributed by atoms with Crippen molar-refractivity contribution in [2.75, 3.05) is 11.9 Å². The van der Waals surface area contributed by atoms with E-state index in [1.807, 2.05) is 0 Å². The SMILES string of the molecule is CC(=O)Nc1ccc(CNC(=O)C2CC(F)(F)CN2)cc1.Cl. The molecule has 2 amide bonds. The van der Waals surface area contributed by atoms with Gasteiger partial charge < -0.3 is 10.6 Å². The lowest BCUT2D eigenvalue weighted by molar-refractivity contribution is -0.123. The van der Waals surface area contributed by atoms with Crippen molar-refractivity contribution in [1.29, 1.82) is 0 Å². The van der Waals surface area contributed by atoms with E-state index in [9.17, 15) is 18.4 Å². The monoisotopic (exact) mass is 333 g/mol. The van der Waals surface area contributed by atoms with Gasteiger partial charge in [0.15, 0.2) is 0 Å². The number of hydrogen-bond acceptors (Lipinski definition) is 3. The second-order valence-corrected chi connectivity index (χ2v) is 5.09. The lowest BCUT2D eigenvalue weighted by Crippen LogP contribution is -2.40. The molecule has 22 heavy (non-hydrogen) atoms. The Labute approximate surface area is 133 Å². The number of carbonyl (C=O) groups excluding carboxylic acids is 2. The van der Waals surface area contributed by atoms with Crippen molar-refractivity contribution < 1.29 is 18.4 Å². The van der Waals surface area contributed by atoms with Crippen molar-refractivity contribution >= 4 is 29.9 Å². The molecule has 1 aromatic carbocycles. The van der Waals surface area contributed by atoms with Crippen molar-refractivity contribution in [1.82, 2.24) is 10.6 Å². The number of anilines is 1. The van der Waals surface area contributed by atoms with Gasteiger partial charge in [-0.2, -0.15) is 0 Å². The Bertz CT molecular complexity index is 537. The highest BCUT2D eigenvalue weighted by atomic mass is 35.5. The molecular formula is C14H18ClF2N3O2. The zero-order valence-electron chi connectivity index (χ0n) is 12.0. The van der Waals surface area contributed by atoms with E-state index in [-0.39, 0.29) is 24.9 Å². The third-order valence-electron chi connectivity index (χ3n) is 3.17. The van der Waals surface area contributed by atoms with Gasteiger partial charge in [-0.3, -0.25) is 14.9 Å². The molecule has 1 aromatic rings. The number of nitrogens with one attached hydrogen (secondary N) is 3. The average Bonchev–Trinajstić information content (AvgIpc) is 2.77. The lowest BCUT2D eigenvalue weighted by Gasteiger charge is -2.11. The summed E-state index contributed by atoms with van der Waals surface area (Å²) in [5.41, 5.74) is 1.48. The third kappa shape index (κ3) is 5.23. The lowest BCUT2D eigenvalue weighted by atomic mass is 10.1. The molecule has 0 saturated carbocycles. The maximum atomic E-state index is 13.0. The molecule has 0 radical (unpaired) electrons. The van der Waals surface area contributed by atoms with Crippen LogP contribution in [0.15, 0.2) is 24.3 Å². The highest BCUT2D eigenvalue weighted by Gasteiger charge is 2.42. The van der Waals surface area contributed by atoms with Crippen molar-refractivity contribution in [3.8, 4) is 0 Å². The predicted octanol–water partition coefficient (Wildman–Crippen LogP) is 1.68. The minimum Gasteiger partial charge on any atom is -0.351 e. The van der Waals surface area contributed by atoms with Crippen LogP contribution in [0.5, 0.6) is 0 Å². The minimum absolute atomic E-state index is 0. The van der Waals surface area contributed by atoms with Gasteiger partial charge in [0.2, 0.25) is 11.8 Å². The Morgan fingerprint density at radius 1 is 1.32 bits per heavy atom. The van der Waals surface area contributed by atoms with E-state index in [1.165, 1.54) is 6.92 Å². The van der Waals surface area contributed by atoms with Crippen LogP contribution in [-0.4, -0.2) is 30.3 Å². The van der Waals surface area contributed by atoms with Crippen molar-refractivity contribution in [2.45, 2.75) is 31.9 Å². The zero-order chi connectivity index (χ0) is 15.5. The standard InChI is InChI=1S/C14H17F2N3O2.ClH/c1-9(20)19-11-4-2-10(3-5-11)7-17-13(21)12-6-14(15,16)8-18-12;/h2-5,12,18H,6-8H2,1H3,(H,17,21)(H,19,20);1H. The summed E-state index contributed by atoms with van der Waals surface area (Å²) in [7, 11) is 0. The summed E-state index contributed by atoms with van der Waals surface area (Å²) in [5.74, 6) is -3.41. The zero-order valence-corrected chi connectivity index (χ0v) is 12.8. The Kier molecular flexibility index (Phi) is 6.25. The van der Waals surface area contributed by atoms with Crippen LogP contribution in [0, 0.1) is 0 Å². The van der Waals surface area contributed by atoms with Gasteiger partial charge in [0.05, 0.1) is 12.6 Å². The highest BCUT2D eigenvalue weighted by molar-refractivity contribution is 5.88. The molecule has 0 aromatic heterocycles. The summed E-state index contributed by atoms with van der Waals surface area (Å²) in [5, 5.41) is 7.75. The number of hydrogen-bond donors (Lipinski definition) is 3. The van der Waals surface area contributed by atoms with Crippen molar-refractivity contribution in [3.05, 3.63) is 29.8 Å². The second kappa shape index (κ2) is 7.51. The Hall–Kier alpha value is -1.73. The van der Waals surface area contributed by atoms with Gasteiger partial charge in [-0.25, -0.2) is 8.78 Å². The summed E-state index contributed by atoms with van der Waals surface area (Å²) in [6.45, 7) is 1.21. The topological polar surface area (TPSA) is 70.2 Å². The molecule has 5 nitrogen and oxygen atoms in total. The van der Waals surface area contributed by atoms with E-state index in [0.717, 1.165) is 5.56 Å². The van der Waals surface area contributed by atoms with E-state index in [2.05, 4.69) is 16.0 Å². The maximum absolute atomic E-state index is 13.0. The fourth-order valence-electron chi connectivity index (χ4n) is 2.12. The van der Waals surface area contributed by atoms with Gasteiger partial charge in [-0.05, 0) is 17.7 Å². The van der Waals surface area contributed by atoms with Gasteiger partial charge in [0.25, 0.3) is 5.92 Å². The molecule has 1 saturated heterocycles. The van der Waals surface area contributed by atoms with Crippen molar-refractivity contribution in [2.24, 2.45) is 0 Å². The molecule has 1 unspecified atom stereocenters. The molecule has 1 heterocycles. The van der Waals surface area contributed by atoms with Crippen LogP contribution in [0.3, 0.4) is 0 Å². The van der Waals surface area contributed by atoms with E-state index < -0.39 is 30.8 Å². The first kappa shape index (κ1) is 18.3. The Morgan fingerprint density at radius 2 is 1.95 bits per heavy atom. The van der Waals surface area contributed by atoms with Crippen LogP contribution in [0.2, 0.25) is 0 Å². The quantitative estimate of drug-likeness (QED) is 0.785. The molecular weight excluding hydrogens is 316 g/mol. The van der Waals surface area contributed by atoms with Gasteiger partial charge in [-0.1, -0.05) is 12.1 Å². The third-order valence-corrected chi connectivity index (χ3v) is 3.17. The largest absolute Gasteiger partial charge is 0.351 e. The van der Waals surface area contributed by atoms with Gasteiger partial charge >= 0.3 is 0 Å². The van der Waals surface area contributed by atoms with Crippen LogP contribution in [0.4, 0.5) is 14.5 Å². The molecule has 0 aliphatic carbocycles. The number of amides is 2. The summed E-state index contributed by atoms with van der Waals surface area (Å²) in [6, 6.07) is 6.08. The molecule has 2 rings (SSSR count). The van der Waals surface area contributed by atoms with Crippen LogP contribution < -0.4 is 16.0 Å². The Morgan fingerprint density at radius 3 is 2.45 bits per heavy atom. The summed E-state index contributed by atoms with van der Waals surface area (Å²) < 4.78 is 26.0. The van der Waals surface area contributed by atoms with Gasteiger partial charge in [0, 0.05) is 25.6 Å². The number of alkyl halides is 2. The fourth-order valence-corrected chi connectivity index (χ4v) is 2.12. The highest BCUT2D eigenvalue weighted by Crippen LogP contribution is 2.25. The molecule has 8 heteroatoms. The fraction of sp³-hybridized carbons (Fsp3) is 0.429. The minimum atomic E-state index is -2.82. The smallest absolute Gasteiger partial charge is 0.262 e. The van der Waals surface area contributed by atoms with E-state index in [1.54, 1.807) is 24.3 Å². The molecule has 1 aliphatic heterocycles. The number of carbonyl (C=O) groups is 2. The Balaban J connectivity index is 0.00000242. The van der Waals surface area contributed by atoms with Crippen LogP contribution >= 0.6 is 12.4 Å². The first-order valence-corrected chi connectivity index (χ1v) is 6.61. The van der Waals surface area contributed by atoms with E-state index >= 15 is 0 Å². The molecule has 1 aliphatic rings. The number of rotatable bonds is 4. The summed E-state index contributed by atoms with van der Waals surface area (Å²) in [4.78, 5) is 22.6. The second-order valence-electron chi connectivity index (χ2n) is 5.09. The molecule has 1 fully saturated rings. The molecule has 122 valence electrons.